The van der Waals surface area contributed by atoms with Gasteiger partial charge < -0.3 is 4.90 Å². The van der Waals surface area contributed by atoms with Gasteiger partial charge in [-0.1, -0.05) is 216 Å². The second kappa shape index (κ2) is 13.5. The lowest BCUT2D eigenvalue weighted by Crippen LogP contribution is -2.18. The third kappa shape index (κ3) is 5.09. The fourth-order valence-corrected chi connectivity index (χ4v) is 10.9. The molecular formula is C59H45N3. The summed E-state index contributed by atoms with van der Waals surface area (Å²) in [5, 5.41) is 8.06. The summed E-state index contributed by atoms with van der Waals surface area (Å²) < 4.78 is 2.27. The van der Waals surface area contributed by atoms with E-state index in [0.29, 0.717) is 0 Å². The molecule has 2 aromatic heterocycles. The van der Waals surface area contributed by atoms with E-state index in [4.69, 9.17) is 5.10 Å². The van der Waals surface area contributed by atoms with Crippen LogP contribution in [0.3, 0.4) is 0 Å². The lowest BCUT2D eigenvalue weighted by atomic mass is 9.82. The topological polar surface area (TPSA) is 20.5 Å². The Bertz CT molecular complexity index is 3290. The van der Waals surface area contributed by atoms with E-state index in [9.17, 15) is 0 Å². The number of benzene rings is 8. The van der Waals surface area contributed by atoms with Crippen molar-refractivity contribution in [1.82, 2.24) is 9.61 Å². The number of rotatable bonds is 6. The van der Waals surface area contributed by atoms with Crippen LogP contribution in [0.1, 0.15) is 49.9 Å². The molecule has 3 heteroatoms. The van der Waals surface area contributed by atoms with Crippen molar-refractivity contribution in [2.75, 3.05) is 4.90 Å². The quantitative estimate of drug-likeness (QED) is 0.167. The van der Waals surface area contributed by atoms with Gasteiger partial charge in [0, 0.05) is 49.4 Å². The molecule has 0 saturated heterocycles. The van der Waals surface area contributed by atoms with Gasteiger partial charge >= 0.3 is 0 Å². The highest BCUT2D eigenvalue weighted by Crippen LogP contribution is 2.60. The standard InChI is InChI=1S/C59H45N3/c1-58(2)45-32-18-16-30-43(45)52-47(58)34-20-36-49(52)61(50-37-21-35-48-53(50)44-31-17-19-33-46(44)59(48,3)4)57-42-29-15-14-28-41(42)56-51(38-22-8-5-9-23-38)54(39-24-10-6-11-25-39)60-62(56)55(57)40-26-12-7-13-27-40/h5-37H,1-4H3. The number of fused-ring (bicyclic) bond motifs is 9. The van der Waals surface area contributed by atoms with Gasteiger partial charge in [-0.15, -0.1) is 0 Å². The van der Waals surface area contributed by atoms with Crippen molar-refractivity contribution in [3.8, 4) is 55.9 Å². The Balaban J connectivity index is 1.31. The number of hydrogen-bond acceptors (Lipinski definition) is 2. The monoisotopic (exact) mass is 795 g/mol. The number of nitrogens with zero attached hydrogens (tertiary/aromatic N) is 3. The Morgan fingerprint density at radius 1 is 0.387 bits per heavy atom. The van der Waals surface area contributed by atoms with Crippen LogP contribution in [0.5, 0.6) is 0 Å². The molecule has 12 rings (SSSR count). The molecule has 0 radical (unpaired) electrons. The maximum atomic E-state index is 5.77. The molecule has 0 saturated carbocycles. The number of pyridine rings is 1. The predicted octanol–water partition coefficient (Wildman–Crippen LogP) is 15.6. The highest BCUT2D eigenvalue weighted by Gasteiger charge is 2.42. The Morgan fingerprint density at radius 2 is 0.823 bits per heavy atom. The van der Waals surface area contributed by atoms with E-state index in [0.717, 1.165) is 67.0 Å². The molecule has 10 aromatic rings. The lowest BCUT2D eigenvalue weighted by Gasteiger charge is -2.33. The zero-order valence-corrected chi connectivity index (χ0v) is 35.4. The summed E-state index contributed by atoms with van der Waals surface area (Å²) in [6.07, 6.45) is 0. The van der Waals surface area contributed by atoms with Gasteiger partial charge in [0.25, 0.3) is 0 Å². The van der Waals surface area contributed by atoms with Crippen LogP contribution in [0.4, 0.5) is 17.1 Å². The van der Waals surface area contributed by atoms with Gasteiger partial charge in [0.05, 0.1) is 28.3 Å². The SMILES string of the molecule is CC1(C)c2ccccc2-c2c(N(c3cccc4c3-c3ccccc3C4(C)C)c3c(-c4ccccc4)n4nc(-c5ccccc5)c(-c5ccccc5)c4c4ccccc34)cccc21. The minimum atomic E-state index is -0.188. The van der Waals surface area contributed by atoms with Gasteiger partial charge in [-0.05, 0) is 51.1 Å². The predicted molar refractivity (Wildman–Crippen MR) is 259 cm³/mol. The zero-order valence-electron chi connectivity index (χ0n) is 35.4. The first-order valence-corrected chi connectivity index (χ1v) is 21.7. The van der Waals surface area contributed by atoms with Gasteiger partial charge in [0.1, 0.15) is 5.69 Å². The molecule has 0 N–H and O–H groups in total. The van der Waals surface area contributed by atoms with Crippen LogP contribution >= 0.6 is 0 Å². The molecule has 0 fully saturated rings. The van der Waals surface area contributed by atoms with Crippen molar-refractivity contribution < 1.29 is 0 Å². The molecule has 2 aliphatic rings. The summed E-state index contributed by atoms with van der Waals surface area (Å²) in [5.74, 6) is 0. The molecule has 0 bridgehead atoms. The zero-order chi connectivity index (χ0) is 41.7. The number of anilines is 3. The Hall–Kier alpha value is -7.49. The van der Waals surface area contributed by atoms with E-state index in [1.807, 2.05) is 0 Å². The van der Waals surface area contributed by atoms with Crippen LogP contribution in [0, 0.1) is 0 Å². The molecule has 296 valence electrons. The lowest BCUT2D eigenvalue weighted by molar-refractivity contribution is 0.660. The van der Waals surface area contributed by atoms with Gasteiger partial charge in [-0.25, -0.2) is 4.52 Å². The van der Waals surface area contributed by atoms with Crippen molar-refractivity contribution in [2.45, 2.75) is 38.5 Å². The molecule has 2 aliphatic carbocycles. The second-order valence-corrected chi connectivity index (χ2v) is 17.9. The highest BCUT2D eigenvalue weighted by atomic mass is 15.3. The molecule has 0 unspecified atom stereocenters. The van der Waals surface area contributed by atoms with Crippen LogP contribution in [0.25, 0.3) is 72.2 Å². The van der Waals surface area contributed by atoms with Crippen LogP contribution in [-0.2, 0) is 10.8 Å². The summed E-state index contributed by atoms with van der Waals surface area (Å²) in [5.41, 5.74) is 21.0. The van der Waals surface area contributed by atoms with Crippen LogP contribution in [-0.4, -0.2) is 9.61 Å². The van der Waals surface area contributed by atoms with Gasteiger partial charge in [-0.2, -0.15) is 5.10 Å². The molecule has 8 aromatic carbocycles. The summed E-state index contributed by atoms with van der Waals surface area (Å²) in [4.78, 5) is 2.62. The van der Waals surface area contributed by atoms with Crippen LogP contribution < -0.4 is 4.90 Å². The minimum Gasteiger partial charge on any atom is -0.306 e. The highest BCUT2D eigenvalue weighted by molar-refractivity contribution is 6.17. The van der Waals surface area contributed by atoms with Crippen molar-refractivity contribution in [2.24, 2.45) is 0 Å². The molecular weight excluding hydrogens is 751 g/mol. The third-order valence-corrected chi connectivity index (χ3v) is 13.8. The average molecular weight is 796 g/mol. The summed E-state index contributed by atoms with van der Waals surface area (Å²) in [6, 6.07) is 73.4. The van der Waals surface area contributed by atoms with Gasteiger partial charge in [0.2, 0.25) is 0 Å². The molecule has 3 nitrogen and oxygen atoms in total. The molecule has 62 heavy (non-hydrogen) atoms. The van der Waals surface area contributed by atoms with Crippen molar-refractivity contribution in [3.05, 3.63) is 222 Å². The van der Waals surface area contributed by atoms with E-state index in [1.165, 1.54) is 44.5 Å². The summed E-state index contributed by atoms with van der Waals surface area (Å²) in [7, 11) is 0. The van der Waals surface area contributed by atoms with Crippen molar-refractivity contribution in [3.63, 3.8) is 0 Å². The van der Waals surface area contributed by atoms with Gasteiger partial charge in [0.15, 0.2) is 0 Å². The number of hydrogen-bond donors (Lipinski definition) is 0. The maximum absolute atomic E-state index is 5.77. The summed E-state index contributed by atoms with van der Waals surface area (Å²) >= 11 is 0. The van der Waals surface area contributed by atoms with Crippen molar-refractivity contribution >= 4 is 33.4 Å². The maximum Gasteiger partial charge on any atom is 0.101 e. The first-order chi connectivity index (χ1) is 30.3. The van der Waals surface area contributed by atoms with Crippen molar-refractivity contribution in [1.29, 1.82) is 0 Å². The normalized spacial score (nSPS) is 14.1. The third-order valence-electron chi connectivity index (χ3n) is 13.8. The van der Waals surface area contributed by atoms with E-state index in [2.05, 4.69) is 237 Å². The Labute approximate surface area is 363 Å². The summed E-state index contributed by atoms with van der Waals surface area (Å²) in [6.45, 7) is 9.51. The Morgan fingerprint density at radius 3 is 1.37 bits per heavy atom. The molecule has 0 aliphatic heterocycles. The minimum absolute atomic E-state index is 0.188. The molecule has 2 heterocycles. The van der Waals surface area contributed by atoms with E-state index in [-0.39, 0.29) is 10.8 Å². The van der Waals surface area contributed by atoms with Crippen LogP contribution in [0.2, 0.25) is 0 Å². The second-order valence-electron chi connectivity index (χ2n) is 17.9. The smallest absolute Gasteiger partial charge is 0.101 e. The first-order valence-electron chi connectivity index (χ1n) is 21.7. The largest absolute Gasteiger partial charge is 0.306 e. The van der Waals surface area contributed by atoms with Crippen LogP contribution in [0.15, 0.2) is 200 Å². The Kier molecular flexibility index (Phi) is 7.92. The molecule has 0 atom stereocenters. The molecule has 0 amide bonds. The number of aromatic nitrogens is 2. The van der Waals surface area contributed by atoms with Gasteiger partial charge in [-0.3, -0.25) is 0 Å². The fraction of sp³-hybridized carbons (Fsp3) is 0.102. The average Bonchev–Trinajstić information content (AvgIpc) is 3.91. The fourth-order valence-electron chi connectivity index (χ4n) is 10.9. The van der Waals surface area contributed by atoms with E-state index < -0.39 is 0 Å². The van der Waals surface area contributed by atoms with E-state index >= 15 is 0 Å². The molecule has 0 spiro atoms. The van der Waals surface area contributed by atoms with E-state index in [1.54, 1.807) is 0 Å². The first kappa shape index (κ1) is 36.4.